The zero-order valence-corrected chi connectivity index (χ0v) is 5.73. The van der Waals surface area contributed by atoms with Crippen molar-refractivity contribution in [3.63, 3.8) is 0 Å². The summed E-state index contributed by atoms with van der Waals surface area (Å²) in [6, 6.07) is 0. The Kier molecular flexibility index (Phi) is 2.03. The fourth-order valence-corrected chi connectivity index (χ4v) is 0. The summed E-state index contributed by atoms with van der Waals surface area (Å²) in [5, 5.41) is 3.02. The van der Waals surface area contributed by atoms with E-state index in [1.54, 1.807) is 0 Å². The number of rotatable bonds is 0. The second kappa shape index (κ2) is 1.90. The van der Waals surface area contributed by atoms with Crippen molar-refractivity contribution in [2.24, 2.45) is 0 Å². The topological polar surface area (TPSA) is 12.0 Å². The Morgan fingerprint density at radius 3 is 1.50 bits per heavy atom. The molecule has 0 spiro atoms. The van der Waals surface area contributed by atoms with E-state index in [1.807, 2.05) is 0 Å². The van der Waals surface area contributed by atoms with Gasteiger partial charge in [-0.05, 0) is 20.8 Å². The van der Waals surface area contributed by atoms with Crippen molar-refractivity contribution >= 4 is 9.39 Å². The van der Waals surface area contributed by atoms with Gasteiger partial charge >= 0.3 is 0 Å². The van der Waals surface area contributed by atoms with Gasteiger partial charge < -0.3 is 0 Å². The Morgan fingerprint density at radius 1 is 1.33 bits per heavy atom. The summed E-state index contributed by atoms with van der Waals surface area (Å²) in [4.78, 5) is 0. The van der Waals surface area contributed by atoms with Crippen LogP contribution in [0.25, 0.3) is 0 Å². The minimum absolute atomic E-state index is 0.255. The van der Waals surface area contributed by atoms with Crippen LogP contribution >= 0.6 is 9.39 Å². The van der Waals surface area contributed by atoms with Crippen LogP contribution in [0.5, 0.6) is 0 Å². The average Bonchev–Trinajstić information content (AvgIpc) is 1.35. The van der Waals surface area contributed by atoms with Crippen molar-refractivity contribution in [1.29, 1.82) is 0 Å². The van der Waals surface area contributed by atoms with Gasteiger partial charge in [0.2, 0.25) is 0 Å². The van der Waals surface area contributed by atoms with Crippen LogP contribution in [-0.2, 0) is 0 Å². The third kappa shape index (κ3) is 4.39. The van der Waals surface area contributed by atoms with Gasteiger partial charge in [-0.3, -0.25) is 5.09 Å². The lowest BCUT2D eigenvalue weighted by Crippen LogP contribution is -2.26. The molecule has 1 N–H and O–H groups in total. The van der Waals surface area contributed by atoms with Crippen molar-refractivity contribution in [3.05, 3.63) is 0 Å². The van der Waals surface area contributed by atoms with E-state index in [0.29, 0.717) is 0 Å². The van der Waals surface area contributed by atoms with E-state index >= 15 is 0 Å². The van der Waals surface area contributed by atoms with E-state index in [2.05, 4.69) is 35.2 Å². The summed E-state index contributed by atoms with van der Waals surface area (Å²) in [7, 11) is 2.47. The molecule has 0 aromatic rings. The predicted octanol–water partition coefficient (Wildman–Crippen LogP) is 1.16. The number of hydrogen-bond donors (Lipinski definition) is 1. The first-order valence-corrected chi connectivity index (χ1v) is 2.62. The standard InChI is InChI=1S/C4H12NP/c1-4(2,3)5-6/h5H,6H2,1-3H3. The quantitative estimate of drug-likeness (QED) is 0.456. The normalized spacial score (nSPS) is 12.0. The summed E-state index contributed by atoms with van der Waals surface area (Å²) in [6.07, 6.45) is 0. The molecule has 0 heterocycles. The van der Waals surface area contributed by atoms with E-state index in [-0.39, 0.29) is 5.54 Å². The van der Waals surface area contributed by atoms with Crippen molar-refractivity contribution < 1.29 is 0 Å². The van der Waals surface area contributed by atoms with Crippen LogP contribution in [0.3, 0.4) is 0 Å². The molecule has 0 aromatic heterocycles. The van der Waals surface area contributed by atoms with Crippen molar-refractivity contribution in [2.45, 2.75) is 26.3 Å². The van der Waals surface area contributed by atoms with E-state index in [4.69, 9.17) is 0 Å². The summed E-state index contributed by atoms with van der Waals surface area (Å²) >= 11 is 0. The molecule has 0 saturated heterocycles. The molecule has 0 fully saturated rings. The molecule has 0 aromatic carbocycles. The molecule has 1 unspecified atom stereocenters. The van der Waals surface area contributed by atoms with Crippen LogP contribution in [-0.4, -0.2) is 5.54 Å². The zero-order valence-electron chi connectivity index (χ0n) is 4.58. The minimum atomic E-state index is 0.255. The van der Waals surface area contributed by atoms with E-state index in [0.717, 1.165) is 0 Å². The number of nitrogens with one attached hydrogen (secondary N) is 1. The zero-order chi connectivity index (χ0) is 5.21. The molecule has 2 heteroatoms. The molecular formula is C4H12NP. The Hall–Kier alpha value is 0.390. The Labute approximate surface area is 41.8 Å². The predicted molar refractivity (Wildman–Crippen MR) is 32.6 cm³/mol. The highest BCUT2D eigenvalue weighted by Crippen LogP contribution is 1.98. The molecule has 1 atom stereocenters. The van der Waals surface area contributed by atoms with Gasteiger partial charge in [-0.1, -0.05) is 9.39 Å². The Morgan fingerprint density at radius 2 is 1.50 bits per heavy atom. The number of hydrogen-bond acceptors (Lipinski definition) is 1. The highest BCUT2D eigenvalue weighted by atomic mass is 31.0. The maximum atomic E-state index is 3.02. The van der Waals surface area contributed by atoms with Crippen molar-refractivity contribution in [3.8, 4) is 0 Å². The maximum Gasteiger partial charge on any atom is 0.0128 e. The SMILES string of the molecule is CC(C)(C)NP. The lowest BCUT2D eigenvalue weighted by Gasteiger charge is -2.15. The summed E-state index contributed by atoms with van der Waals surface area (Å²) in [6.45, 7) is 6.33. The van der Waals surface area contributed by atoms with E-state index < -0.39 is 0 Å². The molecule has 0 aliphatic heterocycles. The van der Waals surface area contributed by atoms with Crippen molar-refractivity contribution in [1.82, 2.24) is 5.09 Å². The molecular weight excluding hydrogens is 93.0 g/mol. The van der Waals surface area contributed by atoms with Crippen LogP contribution in [0.1, 0.15) is 20.8 Å². The third-order valence-corrected chi connectivity index (χ3v) is 1.30. The molecule has 0 bridgehead atoms. The fraction of sp³-hybridized carbons (Fsp3) is 1.00. The second-order valence-corrected chi connectivity index (χ2v) is 2.68. The Bertz CT molecular complexity index is 37.3. The Balaban J connectivity index is 3.17. The van der Waals surface area contributed by atoms with Crippen LogP contribution in [0.2, 0.25) is 0 Å². The van der Waals surface area contributed by atoms with Gasteiger partial charge in [-0.2, -0.15) is 0 Å². The summed E-state index contributed by atoms with van der Waals surface area (Å²) in [5.74, 6) is 0. The minimum Gasteiger partial charge on any atom is -0.296 e. The first-order chi connectivity index (χ1) is 2.56. The third-order valence-electron chi connectivity index (χ3n) is 0.433. The average molecular weight is 105 g/mol. The van der Waals surface area contributed by atoms with E-state index in [1.165, 1.54) is 0 Å². The summed E-state index contributed by atoms with van der Waals surface area (Å²) in [5.41, 5.74) is 0.255. The highest BCUT2D eigenvalue weighted by Gasteiger charge is 2.02. The van der Waals surface area contributed by atoms with Gasteiger partial charge in [0.25, 0.3) is 0 Å². The lowest BCUT2D eigenvalue weighted by molar-refractivity contribution is 0.535. The molecule has 1 nitrogen and oxygen atoms in total. The van der Waals surface area contributed by atoms with Gasteiger partial charge in [0, 0.05) is 5.54 Å². The molecule has 0 rings (SSSR count). The molecule has 0 aliphatic carbocycles. The van der Waals surface area contributed by atoms with Gasteiger partial charge in [0.15, 0.2) is 0 Å². The molecule has 0 radical (unpaired) electrons. The molecule has 38 valence electrons. The van der Waals surface area contributed by atoms with E-state index in [9.17, 15) is 0 Å². The first kappa shape index (κ1) is 6.39. The van der Waals surface area contributed by atoms with Gasteiger partial charge in [-0.15, -0.1) is 0 Å². The second-order valence-electron chi connectivity index (χ2n) is 2.39. The lowest BCUT2D eigenvalue weighted by atomic mass is 10.1. The largest absolute Gasteiger partial charge is 0.296 e. The smallest absolute Gasteiger partial charge is 0.0128 e. The maximum absolute atomic E-state index is 3.02. The molecule has 6 heavy (non-hydrogen) atoms. The van der Waals surface area contributed by atoms with Gasteiger partial charge in [0.1, 0.15) is 0 Å². The van der Waals surface area contributed by atoms with Crippen LogP contribution in [0, 0.1) is 0 Å². The van der Waals surface area contributed by atoms with Crippen LogP contribution in [0.4, 0.5) is 0 Å². The first-order valence-electron chi connectivity index (χ1n) is 2.04. The van der Waals surface area contributed by atoms with Crippen LogP contribution < -0.4 is 5.09 Å². The van der Waals surface area contributed by atoms with Gasteiger partial charge in [0.05, 0.1) is 0 Å². The molecule has 0 aliphatic rings. The molecule has 0 amide bonds. The van der Waals surface area contributed by atoms with Gasteiger partial charge in [-0.25, -0.2) is 0 Å². The fourth-order valence-electron chi connectivity index (χ4n) is 0. The van der Waals surface area contributed by atoms with Crippen LogP contribution in [0.15, 0.2) is 0 Å². The monoisotopic (exact) mass is 105 g/mol. The van der Waals surface area contributed by atoms with Crippen molar-refractivity contribution in [2.75, 3.05) is 0 Å². The molecule has 0 saturated carbocycles. The highest BCUT2D eigenvalue weighted by molar-refractivity contribution is 7.13. The summed E-state index contributed by atoms with van der Waals surface area (Å²) < 4.78 is 0.